The highest BCUT2D eigenvalue weighted by Gasteiger charge is 2.30. The number of fused-ring (bicyclic) bond motifs is 1. The van der Waals surface area contributed by atoms with Crippen LogP contribution in [0.25, 0.3) is 11.1 Å². The van der Waals surface area contributed by atoms with Gasteiger partial charge in [-0.25, -0.2) is 4.79 Å². The van der Waals surface area contributed by atoms with Crippen LogP contribution >= 0.6 is 11.6 Å². The Morgan fingerprint density at radius 2 is 1.82 bits per heavy atom. The Morgan fingerprint density at radius 3 is 2.53 bits per heavy atom. The minimum Gasteiger partial charge on any atom is -0.494 e. The molecule has 0 aromatic heterocycles. The molecule has 1 heterocycles. The second-order valence-corrected chi connectivity index (χ2v) is 8.70. The third kappa shape index (κ3) is 4.73. The van der Waals surface area contributed by atoms with Gasteiger partial charge in [0.05, 0.1) is 29.3 Å². The third-order valence-electron chi connectivity index (χ3n) is 5.84. The van der Waals surface area contributed by atoms with Gasteiger partial charge in [-0.1, -0.05) is 36.7 Å². The van der Waals surface area contributed by atoms with E-state index in [0.717, 1.165) is 23.1 Å². The Bertz CT molecular complexity index is 1260. The zero-order chi connectivity index (χ0) is 24.4. The Hall–Kier alpha value is -3.51. The van der Waals surface area contributed by atoms with Gasteiger partial charge in [0.15, 0.2) is 6.23 Å². The van der Waals surface area contributed by atoms with Crippen LogP contribution in [0.3, 0.4) is 0 Å². The van der Waals surface area contributed by atoms with E-state index in [1.54, 1.807) is 42.2 Å². The van der Waals surface area contributed by atoms with E-state index in [1.165, 1.54) is 0 Å². The van der Waals surface area contributed by atoms with Crippen LogP contribution < -0.4 is 9.47 Å². The lowest BCUT2D eigenvalue weighted by atomic mass is 9.97. The first-order valence-electron chi connectivity index (χ1n) is 11.2. The highest BCUT2D eigenvalue weighted by atomic mass is 35.5. The maximum Gasteiger partial charge on any atom is 0.335 e. The number of carboxylic acids is 1. The van der Waals surface area contributed by atoms with Gasteiger partial charge in [0.1, 0.15) is 11.5 Å². The second kappa shape index (κ2) is 9.77. The molecule has 0 spiro atoms. The number of nitrogens with zero attached hydrogens (tertiary/aromatic N) is 1. The molecule has 1 N–H and O–H groups in total. The van der Waals surface area contributed by atoms with Gasteiger partial charge in [0.25, 0.3) is 5.91 Å². The van der Waals surface area contributed by atoms with E-state index in [2.05, 4.69) is 0 Å². The molecule has 0 saturated heterocycles. The van der Waals surface area contributed by atoms with E-state index in [0.29, 0.717) is 40.8 Å². The molecule has 4 rings (SSSR count). The lowest BCUT2D eigenvalue weighted by Crippen LogP contribution is -2.44. The predicted octanol–water partition coefficient (Wildman–Crippen LogP) is 6.18. The molecular weight excluding hydrogens is 454 g/mol. The number of rotatable bonds is 6. The molecule has 0 aliphatic carbocycles. The van der Waals surface area contributed by atoms with Crippen LogP contribution in [0.15, 0.2) is 54.6 Å². The van der Waals surface area contributed by atoms with Crippen molar-refractivity contribution in [2.45, 2.75) is 40.0 Å². The first-order valence-corrected chi connectivity index (χ1v) is 11.5. The number of benzene rings is 3. The third-order valence-corrected chi connectivity index (χ3v) is 6.16. The number of aromatic carboxylic acids is 1. The van der Waals surface area contributed by atoms with Crippen molar-refractivity contribution in [1.82, 2.24) is 4.90 Å². The van der Waals surface area contributed by atoms with Crippen molar-refractivity contribution in [3.63, 3.8) is 0 Å². The van der Waals surface area contributed by atoms with Crippen LogP contribution in [0.1, 0.15) is 52.1 Å². The van der Waals surface area contributed by atoms with Crippen molar-refractivity contribution < 1.29 is 24.2 Å². The van der Waals surface area contributed by atoms with Crippen LogP contribution in [0, 0.1) is 6.92 Å². The summed E-state index contributed by atoms with van der Waals surface area (Å²) in [6, 6.07) is 16.1. The van der Waals surface area contributed by atoms with Gasteiger partial charge in [-0.05, 0) is 73.4 Å². The number of hydrogen-bond donors (Lipinski definition) is 1. The zero-order valence-electron chi connectivity index (χ0n) is 19.3. The number of ether oxygens (including phenoxy) is 2. The molecule has 0 radical (unpaired) electrons. The van der Waals surface area contributed by atoms with Gasteiger partial charge in [0, 0.05) is 5.56 Å². The first kappa shape index (κ1) is 23.6. The molecule has 0 saturated carbocycles. The normalized spacial score (nSPS) is 14.8. The molecule has 1 aliphatic heterocycles. The molecule has 7 heteroatoms. The highest BCUT2D eigenvalue weighted by molar-refractivity contribution is 6.34. The van der Waals surface area contributed by atoms with Crippen LogP contribution in [0.4, 0.5) is 0 Å². The van der Waals surface area contributed by atoms with Crippen LogP contribution in [-0.4, -0.2) is 34.7 Å². The molecule has 1 atom stereocenters. The highest BCUT2D eigenvalue weighted by Crippen LogP contribution is 2.34. The number of hydrogen-bond acceptors (Lipinski definition) is 4. The number of halogens is 1. The summed E-state index contributed by atoms with van der Waals surface area (Å²) in [5.41, 5.74) is 3.81. The van der Waals surface area contributed by atoms with Crippen molar-refractivity contribution in [3.05, 3.63) is 81.9 Å². The fourth-order valence-electron chi connectivity index (χ4n) is 3.96. The fraction of sp³-hybridized carbons (Fsp3) is 0.259. The van der Waals surface area contributed by atoms with Gasteiger partial charge >= 0.3 is 5.97 Å². The monoisotopic (exact) mass is 479 g/mol. The van der Waals surface area contributed by atoms with Crippen LogP contribution in [0.5, 0.6) is 11.5 Å². The summed E-state index contributed by atoms with van der Waals surface area (Å²) in [7, 11) is 0. The van der Waals surface area contributed by atoms with Gasteiger partial charge in [-0.2, -0.15) is 0 Å². The van der Waals surface area contributed by atoms with E-state index < -0.39 is 12.2 Å². The van der Waals surface area contributed by atoms with E-state index in [1.807, 2.05) is 38.1 Å². The number of carbonyl (C=O) groups excluding carboxylic acids is 1. The molecule has 34 heavy (non-hydrogen) atoms. The van der Waals surface area contributed by atoms with Crippen molar-refractivity contribution in [2.75, 3.05) is 6.61 Å². The molecule has 3 aromatic rings. The van der Waals surface area contributed by atoms with Gasteiger partial charge in [0.2, 0.25) is 0 Å². The van der Waals surface area contributed by atoms with Crippen molar-refractivity contribution in [1.29, 1.82) is 0 Å². The minimum absolute atomic E-state index is 0.237. The Balaban J connectivity index is 1.61. The number of carboxylic acid groups (broad SMARTS) is 1. The summed E-state index contributed by atoms with van der Waals surface area (Å²) in [4.78, 5) is 26.5. The van der Waals surface area contributed by atoms with Crippen molar-refractivity contribution in [2.24, 2.45) is 0 Å². The van der Waals surface area contributed by atoms with Gasteiger partial charge in [-0.3, -0.25) is 9.69 Å². The van der Waals surface area contributed by atoms with Crippen molar-refractivity contribution >= 4 is 23.5 Å². The standard InChI is InChI=1S/C27H26ClNO5/c1-4-11-33-21-8-9-22(24(28)14-21)26(30)29-15-20-12-18(7-10-25(20)34-17(29)3)19-6-5-16(2)23(13-19)27(31)32/h5-10,12-14,17H,4,11,15H2,1-3H3,(H,31,32). The Labute approximate surface area is 203 Å². The van der Waals surface area contributed by atoms with Crippen LogP contribution in [0.2, 0.25) is 5.02 Å². The average molecular weight is 480 g/mol. The molecule has 176 valence electrons. The Morgan fingerprint density at radius 1 is 1.09 bits per heavy atom. The number of aryl methyl sites for hydroxylation is 1. The zero-order valence-corrected chi connectivity index (χ0v) is 20.1. The topological polar surface area (TPSA) is 76.1 Å². The van der Waals surface area contributed by atoms with Crippen LogP contribution in [-0.2, 0) is 6.54 Å². The van der Waals surface area contributed by atoms with E-state index in [-0.39, 0.29) is 11.5 Å². The minimum atomic E-state index is -0.964. The maximum atomic E-state index is 13.3. The van der Waals surface area contributed by atoms with Gasteiger partial charge < -0.3 is 14.6 Å². The Kier molecular flexibility index (Phi) is 6.80. The number of amides is 1. The molecule has 0 bridgehead atoms. The predicted molar refractivity (Wildman–Crippen MR) is 131 cm³/mol. The second-order valence-electron chi connectivity index (χ2n) is 8.30. The van der Waals surface area contributed by atoms with E-state index in [9.17, 15) is 14.7 Å². The summed E-state index contributed by atoms with van der Waals surface area (Å²) in [5.74, 6) is 0.119. The van der Waals surface area contributed by atoms with E-state index in [4.69, 9.17) is 21.1 Å². The summed E-state index contributed by atoms with van der Waals surface area (Å²) in [6.07, 6.45) is 0.402. The molecule has 6 nitrogen and oxygen atoms in total. The van der Waals surface area contributed by atoms with E-state index >= 15 is 0 Å². The molecule has 1 aliphatic rings. The largest absolute Gasteiger partial charge is 0.494 e. The molecule has 1 unspecified atom stereocenters. The quantitative estimate of drug-likeness (QED) is 0.456. The fourth-order valence-corrected chi connectivity index (χ4v) is 4.21. The van der Waals surface area contributed by atoms with Gasteiger partial charge in [-0.15, -0.1) is 0 Å². The molecule has 0 fully saturated rings. The maximum absolute atomic E-state index is 13.3. The smallest absolute Gasteiger partial charge is 0.335 e. The average Bonchev–Trinajstić information content (AvgIpc) is 2.82. The molecular formula is C27H26ClNO5. The summed E-state index contributed by atoms with van der Waals surface area (Å²) < 4.78 is 11.6. The summed E-state index contributed by atoms with van der Waals surface area (Å²) in [5, 5.41) is 9.79. The summed E-state index contributed by atoms with van der Waals surface area (Å²) in [6.45, 7) is 6.53. The lowest BCUT2D eigenvalue weighted by Gasteiger charge is -2.35. The van der Waals surface area contributed by atoms with Crippen molar-refractivity contribution in [3.8, 4) is 22.6 Å². The summed E-state index contributed by atoms with van der Waals surface area (Å²) >= 11 is 6.41. The first-order chi connectivity index (χ1) is 16.3. The SMILES string of the molecule is CCCOc1ccc(C(=O)N2Cc3cc(-c4ccc(C)c(C(=O)O)c4)ccc3OC2C)c(Cl)c1. The molecule has 3 aromatic carbocycles. The number of carbonyl (C=O) groups is 2. The molecule has 1 amide bonds. The lowest BCUT2D eigenvalue weighted by molar-refractivity contribution is 0.0141.